The van der Waals surface area contributed by atoms with Crippen LogP contribution < -0.4 is 4.74 Å². The van der Waals surface area contributed by atoms with Crippen LogP contribution >= 0.6 is 0 Å². The molecule has 0 saturated carbocycles. The summed E-state index contributed by atoms with van der Waals surface area (Å²) in [5, 5.41) is 9.14. The highest BCUT2D eigenvalue weighted by Crippen LogP contribution is 2.30. The summed E-state index contributed by atoms with van der Waals surface area (Å²) in [5.74, 6) is -0.748. The molecule has 0 amide bonds. The highest BCUT2D eigenvalue weighted by molar-refractivity contribution is 5.97. The Hall–Kier alpha value is -2.43. The first-order valence-electron chi connectivity index (χ1n) is 4.90. The van der Waals surface area contributed by atoms with Crippen molar-refractivity contribution in [3.8, 4) is 17.0 Å². The molecule has 2 aromatic rings. The Morgan fingerprint density at radius 1 is 1.35 bits per heavy atom. The highest BCUT2D eigenvalue weighted by atomic mass is 16.5. The normalized spacial score (nSPS) is 9.94. The molecule has 0 atom stereocenters. The number of rotatable bonds is 3. The van der Waals surface area contributed by atoms with Crippen LogP contribution in [0.3, 0.4) is 0 Å². The van der Waals surface area contributed by atoms with Crippen LogP contribution in [0.5, 0.6) is 5.88 Å². The molecule has 0 bridgehead atoms. The molecule has 5 nitrogen and oxygen atoms in total. The maximum absolute atomic E-state index is 11.2. The Morgan fingerprint density at radius 3 is 2.76 bits per heavy atom. The quantitative estimate of drug-likeness (QED) is 0.871. The van der Waals surface area contributed by atoms with Crippen molar-refractivity contribution in [2.45, 2.75) is 0 Å². The molecule has 0 saturated heterocycles. The minimum atomic E-state index is -1.02. The van der Waals surface area contributed by atoms with E-state index in [1.165, 1.54) is 19.4 Å². The van der Waals surface area contributed by atoms with E-state index in [-0.39, 0.29) is 11.4 Å². The second-order valence-electron chi connectivity index (χ2n) is 3.29. The molecule has 0 aliphatic carbocycles. The number of pyridine rings is 2. The number of ether oxygens (including phenoxy) is 1. The molecule has 0 aromatic carbocycles. The smallest absolute Gasteiger partial charge is 0.336 e. The number of aromatic carboxylic acids is 1. The van der Waals surface area contributed by atoms with Gasteiger partial charge in [-0.05, 0) is 12.1 Å². The van der Waals surface area contributed by atoms with Crippen molar-refractivity contribution in [1.82, 2.24) is 9.97 Å². The van der Waals surface area contributed by atoms with Crippen LogP contribution in [0.4, 0.5) is 0 Å². The number of aromatic nitrogens is 2. The summed E-state index contributed by atoms with van der Waals surface area (Å²) < 4.78 is 5.09. The standard InChI is InChI=1S/C12H10N2O3/c1-17-11-10(8-3-2-5-13-7-8)9(12(15)16)4-6-14-11/h2-7H,1H3,(H,15,16). The van der Waals surface area contributed by atoms with Gasteiger partial charge in [0.25, 0.3) is 0 Å². The van der Waals surface area contributed by atoms with E-state index in [0.717, 1.165) is 0 Å². The molecule has 0 spiro atoms. The summed E-state index contributed by atoms with van der Waals surface area (Å²) in [6.07, 6.45) is 4.60. The molecule has 0 fully saturated rings. The minimum absolute atomic E-state index is 0.143. The van der Waals surface area contributed by atoms with E-state index in [1.807, 2.05) is 0 Å². The van der Waals surface area contributed by atoms with Gasteiger partial charge in [0, 0.05) is 24.2 Å². The molecule has 1 N–H and O–H groups in total. The fourth-order valence-corrected chi connectivity index (χ4v) is 1.57. The molecular formula is C12H10N2O3. The van der Waals surface area contributed by atoms with Crippen LogP contribution in [0.2, 0.25) is 0 Å². The largest absolute Gasteiger partial charge is 0.481 e. The summed E-state index contributed by atoms with van der Waals surface area (Å²) in [4.78, 5) is 19.1. The Kier molecular flexibility index (Phi) is 3.00. The van der Waals surface area contributed by atoms with E-state index >= 15 is 0 Å². The van der Waals surface area contributed by atoms with Crippen LogP contribution in [0, 0.1) is 0 Å². The number of carboxylic acid groups (broad SMARTS) is 1. The third-order valence-corrected chi connectivity index (χ3v) is 2.29. The van der Waals surface area contributed by atoms with E-state index in [9.17, 15) is 4.79 Å². The van der Waals surface area contributed by atoms with Gasteiger partial charge >= 0.3 is 5.97 Å². The Labute approximate surface area is 97.7 Å². The lowest BCUT2D eigenvalue weighted by atomic mass is 10.0. The van der Waals surface area contributed by atoms with Crippen LogP contribution in [-0.2, 0) is 0 Å². The summed E-state index contributed by atoms with van der Waals surface area (Å²) in [6, 6.07) is 4.93. The average molecular weight is 230 g/mol. The van der Waals surface area contributed by atoms with Crippen molar-refractivity contribution in [2.75, 3.05) is 7.11 Å². The van der Waals surface area contributed by atoms with Crippen molar-refractivity contribution < 1.29 is 14.6 Å². The van der Waals surface area contributed by atoms with E-state index in [1.54, 1.807) is 24.5 Å². The first kappa shape index (κ1) is 11.1. The van der Waals surface area contributed by atoms with Gasteiger partial charge < -0.3 is 9.84 Å². The lowest BCUT2D eigenvalue weighted by molar-refractivity contribution is 0.0697. The SMILES string of the molecule is COc1nccc(C(=O)O)c1-c1cccnc1. The van der Waals surface area contributed by atoms with Gasteiger partial charge in [0.05, 0.1) is 18.2 Å². The number of hydrogen-bond acceptors (Lipinski definition) is 4. The van der Waals surface area contributed by atoms with Gasteiger partial charge in [-0.2, -0.15) is 0 Å². The van der Waals surface area contributed by atoms with Crippen molar-refractivity contribution in [3.05, 3.63) is 42.4 Å². The van der Waals surface area contributed by atoms with Crippen molar-refractivity contribution in [3.63, 3.8) is 0 Å². The highest BCUT2D eigenvalue weighted by Gasteiger charge is 2.17. The lowest BCUT2D eigenvalue weighted by Crippen LogP contribution is -2.03. The van der Waals surface area contributed by atoms with E-state index in [0.29, 0.717) is 11.1 Å². The third kappa shape index (κ3) is 2.08. The topological polar surface area (TPSA) is 72.3 Å². The molecule has 2 aromatic heterocycles. The summed E-state index contributed by atoms with van der Waals surface area (Å²) in [6.45, 7) is 0. The van der Waals surface area contributed by atoms with Gasteiger partial charge in [0.2, 0.25) is 5.88 Å². The van der Waals surface area contributed by atoms with Crippen molar-refractivity contribution in [1.29, 1.82) is 0 Å². The fourth-order valence-electron chi connectivity index (χ4n) is 1.57. The van der Waals surface area contributed by atoms with Crippen LogP contribution in [0.25, 0.3) is 11.1 Å². The van der Waals surface area contributed by atoms with E-state index < -0.39 is 5.97 Å². The second-order valence-corrected chi connectivity index (χ2v) is 3.29. The summed E-state index contributed by atoms with van der Waals surface area (Å²) in [7, 11) is 1.45. The molecule has 0 radical (unpaired) electrons. The zero-order valence-corrected chi connectivity index (χ0v) is 9.12. The first-order chi connectivity index (χ1) is 8.24. The molecule has 2 rings (SSSR count). The van der Waals surface area contributed by atoms with Crippen LogP contribution in [-0.4, -0.2) is 28.2 Å². The first-order valence-corrected chi connectivity index (χ1v) is 4.90. The summed E-state index contributed by atoms with van der Waals surface area (Å²) >= 11 is 0. The Bertz CT molecular complexity index is 541. The number of nitrogens with zero attached hydrogens (tertiary/aromatic N) is 2. The molecule has 17 heavy (non-hydrogen) atoms. The fraction of sp³-hybridized carbons (Fsp3) is 0.0833. The monoisotopic (exact) mass is 230 g/mol. The van der Waals surface area contributed by atoms with Crippen LogP contribution in [0.15, 0.2) is 36.8 Å². The molecule has 0 aliphatic rings. The van der Waals surface area contributed by atoms with Gasteiger partial charge in [-0.25, -0.2) is 9.78 Å². The Balaban J connectivity index is 2.69. The number of carbonyl (C=O) groups is 1. The Morgan fingerprint density at radius 2 is 2.18 bits per heavy atom. The average Bonchev–Trinajstić information content (AvgIpc) is 2.38. The zero-order valence-electron chi connectivity index (χ0n) is 9.12. The molecular weight excluding hydrogens is 220 g/mol. The van der Waals surface area contributed by atoms with Gasteiger partial charge in [-0.1, -0.05) is 6.07 Å². The van der Waals surface area contributed by atoms with Crippen LogP contribution in [0.1, 0.15) is 10.4 Å². The predicted octanol–water partition coefficient (Wildman–Crippen LogP) is 1.85. The van der Waals surface area contributed by atoms with E-state index in [2.05, 4.69) is 9.97 Å². The minimum Gasteiger partial charge on any atom is -0.481 e. The molecule has 86 valence electrons. The molecule has 0 aliphatic heterocycles. The molecule has 0 unspecified atom stereocenters. The number of methoxy groups -OCH3 is 1. The van der Waals surface area contributed by atoms with Crippen molar-refractivity contribution >= 4 is 5.97 Å². The third-order valence-electron chi connectivity index (χ3n) is 2.29. The van der Waals surface area contributed by atoms with Gasteiger partial charge in [0.15, 0.2) is 0 Å². The van der Waals surface area contributed by atoms with E-state index in [4.69, 9.17) is 9.84 Å². The van der Waals surface area contributed by atoms with Crippen molar-refractivity contribution in [2.24, 2.45) is 0 Å². The molecule has 5 heteroatoms. The summed E-state index contributed by atoms with van der Waals surface area (Å²) in [5.41, 5.74) is 1.25. The second kappa shape index (κ2) is 4.61. The predicted molar refractivity (Wildman–Crippen MR) is 61.0 cm³/mol. The zero-order chi connectivity index (χ0) is 12.3. The number of carboxylic acids is 1. The molecule has 2 heterocycles. The van der Waals surface area contributed by atoms with Gasteiger partial charge in [0.1, 0.15) is 0 Å². The maximum Gasteiger partial charge on any atom is 0.336 e. The number of hydrogen-bond donors (Lipinski definition) is 1. The van der Waals surface area contributed by atoms with Gasteiger partial charge in [-0.15, -0.1) is 0 Å². The van der Waals surface area contributed by atoms with Gasteiger partial charge in [-0.3, -0.25) is 4.98 Å². The maximum atomic E-state index is 11.2. The lowest BCUT2D eigenvalue weighted by Gasteiger charge is -2.09.